The van der Waals surface area contributed by atoms with Crippen molar-refractivity contribution < 1.29 is 9.90 Å². The Morgan fingerprint density at radius 1 is 1.44 bits per heavy atom. The molecule has 0 aliphatic carbocycles. The Kier molecular flexibility index (Phi) is 4.62. The van der Waals surface area contributed by atoms with E-state index in [2.05, 4.69) is 16.7 Å². The minimum Gasteiger partial charge on any atom is -0.481 e. The van der Waals surface area contributed by atoms with Crippen LogP contribution in [0.1, 0.15) is 39.5 Å². The molecule has 4 nitrogen and oxygen atoms in total. The van der Waals surface area contributed by atoms with Crippen LogP contribution in [-0.2, 0) is 4.79 Å². The van der Waals surface area contributed by atoms with Gasteiger partial charge in [0.15, 0.2) is 0 Å². The van der Waals surface area contributed by atoms with Crippen molar-refractivity contribution in [3.05, 3.63) is 0 Å². The molecule has 0 saturated carbocycles. The molecule has 1 N–H and O–H groups in total. The number of rotatable bonds is 5. The maximum Gasteiger partial charge on any atom is 0.307 e. The molecule has 0 aromatic rings. The molecule has 3 atom stereocenters. The van der Waals surface area contributed by atoms with Crippen molar-refractivity contribution in [2.24, 2.45) is 5.92 Å². The molecule has 104 valence electrons. The molecule has 4 heteroatoms. The molecule has 0 aromatic heterocycles. The van der Waals surface area contributed by atoms with E-state index < -0.39 is 5.97 Å². The SMILES string of the molecule is CCN(CC(C)C(=O)O)C1CCN2CCCC2C1. The monoisotopic (exact) mass is 254 g/mol. The maximum absolute atomic E-state index is 11.0. The van der Waals surface area contributed by atoms with E-state index in [9.17, 15) is 4.79 Å². The maximum atomic E-state index is 11.0. The molecule has 0 bridgehead atoms. The molecular formula is C14H26N2O2. The number of nitrogens with zero attached hydrogens (tertiary/aromatic N) is 2. The second-order valence-corrected chi connectivity index (χ2v) is 5.84. The zero-order valence-corrected chi connectivity index (χ0v) is 11.6. The Morgan fingerprint density at radius 2 is 2.22 bits per heavy atom. The van der Waals surface area contributed by atoms with E-state index in [4.69, 9.17) is 5.11 Å². The number of hydrogen-bond acceptors (Lipinski definition) is 3. The van der Waals surface area contributed by atoms with Crippen molar-refractivity contribution in [1.82, 2.24) is 9.80 Å². The van der Waals surface area contributed by atoms with Gasteiger partial charge in [0.2, 0.25) is 0 Å². The molecule has 3 unspecified atom stereocenters. The van der Waals surface area contributed by atoms with Crippen molar-refractivity contribution in [2.75, 3.05) is 26.2 Å². The van der Waals surface area contributed by atoms with Gasteiger partial charge >= 0.3 is 5.97 Å². The number of carboxylic acid groups (broad SMARTS) is 1. The second-order valence-electron chi connectivity index (χ2n) is 5.84. The van der Waals surface area contributed by atoms with Crippen molar-refractivity contribution in [3.63, 3.8) is 0 Å². The molecule has 2 rings (SSSR count). The third kappa shape index (κ3) is 3.04. The van der Waals surface area contributed by atoms with Gasteiger partial charge in [0.25, 0.3) is 0 Å². The van der Waals surface area contributed by atoms with Crippen LogP contribution in [0.5, 0.6) is 0 Å². The first kappa shape index (κ1) is 13.8. The van der Waals surface area contributed by atoms with Gasteiger partial charge in [-0.2, -0.15) is 0 Å². The summed E-state index contributed by atoms with van der Waals surface area (Å²) in [6, 6.07) is 1.36. The summed E-state index contributed by atoms with van der Waals surface area (Å²) in [5, 5.41) is 9.04. The van der Waals surface area contributed by atoms with Crippen molar-refractivity contribution in [2.45, 2.75) is 51.6 Å². The van der Waals surface area contributed by atoms with Crippen LogP contribution < -0.4 is 0 Å². The van der Waals surface area contributed by atoms with E-state index in [1.54, 1.807) is 0 Å². The van der Waals surface area contributed by atoms with Gasteiger partial charge in [-0.15, -0.1) is 0 Å². The number of carbonyl (C=O) groups is 1. The highest BCUT2D eigenvalue weighted by Gasteiger charge is 2.34. The zero-order valence-electron chi connectivity index (χ0n) is 11.6. The summed E-state index contributed by atoms with van der Waals surface area (Å²) in [4.78, 5) is 16.0. The lowest BCUT2D eigenvalue weighted by atomic mass is 9.95. The Hall–Kier alpha value is -0.610. The first-order chi connectivity index (χ1) is 8.61. The summed E-state index contributed by atoms with van der Waals surface area (Å²) >= 11 is 0. The van der Waals surface area contributed by atoms with E-state index in [0.717, 1.165) is 12.6 Å². The minimum absolute atomic E-state index is 0.258. The number of carboxylic acids is 1. The predicted molar refractivity (Wildman–Crippen MR) is 71.7 cm³/mol. The summed E-state index contributed by atoms with van der Waals surface area (Å²) < 4.78 is 0. The van der Waals surface area contributed by atoms with Crippen LogP contribution >= 0.6 is 0 Å². The first-order valence-electron chi connectivity index (χ1n) is 7.32. The van der Waals surface area contributed by atoms with Gasteiger partial charge in [-0.1, -0.05) is 13.8 Å². The summed E-state index contributed by atoms with van der Waals surface area (Å²) in [6.45, 7) is 8.10. The Balaban J connectivity index is 1.89. The molecule has 2 saturated heterocycles. The number of fused-ring (bicyclic) bond motifs is 1. The molecule has 0 radical (unpaired) electrons. The Bertz CT molecular complexity index is 296. The second kappa shape index (κ2) is 6.02. The van der Waals surface area contributed by atoms with Crippen LogP contribution in [0.15, 0.2) is 0 Å². The Morgan fingerprint density at radius 3 is 2.89 bits per heavy atom. The van der Waals surface area contributed by atoms with Gasteiger partial charge in [0.1, 0.15) is 0 Å². The van der Waals surface area contributed by atoms with E-state index in [0.29, 0.717) is 12.6 Å². The smallest absolute Gasteiger partial charge is 0.307 e. The number of hydrogen-bond donors (Lipinski definition) is 1. The summed E-state index contributed by atoms with van der Waals surface area (Å²) in [5.74, 6) is -0.932. The normalized spacial score (nSPS) is 30.4. The molecule has 2 fully saturated rings. The molecular weight excluding hydrogens is 228 g/mol. The molecule has 2 aliphatic heterocycles. The molecule has 2 aliphatic rings. The summed E-state index contributed by atoms with van der Waals surface area (Å²) in [6.07, 6.45) is 5.12. The fourth-order valence-electron chi connectivity index (χ4n) is 3.50. The van der Waals surface area contributed by atoms with Gasteiger partial charge < -0.3 is 10.0 Å². The topological polar surface area (TPSA) is 43.8 Å². The molecule has 0 amide bonds. The van der Waals surface area contributed by atoms with E-state index in [1.165, 1.54) is 38.8 Å². The van der Waals surface area contributed by atoms with Crippen molar-refractivity contribution in [3.8, 4) is 0 Å². The van der Waals surface area contributed by atoms with Gasteiger partial charge in [0.05, 0.1) is 5.92 Å². The fourth-order valence-corrected chi connectivity index (χ4v) is 3.50. The van der Waals surface area contributed by atoms with Crippen molar-refractivity contribution >= 4 is 5.97 Å². The van der Waals surface area contributed by atoms with Crippen LogP contribution in [0.3, 0.4) is 0 Å². The van der Waals surface area contributed by atoms with Gasteiger partial charge in [-0.05, 0) is 45.3 Å². The van der Waals surface area contributed by atoms with Crippen LogP contribution in [0.25, 0.3) is 0 Å². The van der Waals surface area contributed by atoms with Gasteiger partial charge in [-0.25, -0.2) is 0 Å². The van der Waals surface area contributed by atoms with E-state index in [-0.39, 0.29) is 5.92 Å². The first-order valence-corrected chi connectivity index (χ1v) is 7.32. The summed E-state index contributed by atoms with van der Waals surface area (Å²) in [7, 11) is 0. The third-order valence-electron chi connectivity index (χ3n) is 4.65. The molecule has 2 heterocycles. The predicted octanol–water partition coefficient (Wildman–Crippen LogP) is 1.66. The average Bonchev–Trinajstić information content (AvgIpc) is 2.82. The van der Waals surface area contributed by atoms with Gasteiger partial charge in [0, 0.05) is 18.6 Å². The highest BCUT2D eigenvalue weighted by atomic mass is 16.4. The largest absolute Gasteiger partial charge is 0.481 e. The highest BCUT2D eigenvalue weighted by Crippen LogP contribution is 2.29. The molecule has 0 aromatic carbocycles. The van der Waals surface area contributed by atoms with Crippen LogP contribution in [0.2, 0.25) is 0 Å². The van der Waals surface area contributed by atoms with E-state index in [1.807, 2.05) is 6.92 Å². The summed E-state index contributed by atoms with van der Waals surface area (Å²) in [5.41, 5.74) is 0. The number of piperidine rings is 1. The average molecular weight is 254 g/mol. The third-order valence-corrected chi connectivity index (χ3v) is 4.65. The lowest BCUT2D eigenvalue weighted by molar-refractivity contribution is -0.142. The van der Waals surface area contributed by atoms with Crippen molar-refractivity contribution in [1.29, 1.82) is 0 Å². The van der Waals surface area contributed by atoms with Gasteiger partial charge in [-0.3, -0.25) is 9.69 Å². The van der Waals surface area contributed by atoms with Crippen LogP contribution in [-0.4, -0.2) is 59.1 Å². The molecule has 18 heavy (non-hydrogen) atoms. The minimum atomic E-state index is -0.674. The van der Waals surface area contributed by atoms with Crippen LogP contribution in [0.4, 0.5) is 0 Å². The number of aliphatic carboxylic acids is 1. The van der Waals surface area contributed by atoms with E-state index >= 15 is 0 Å². The van der Waals surface area contributed by atoms with Crippen LogP contribution in [0, 0.1) is 5.92 Å². The Labute approximate surface area is 110 Å². The quantitative estimate of drug-likeness (QED) is 0.810. The lowest BCUT2D eigenvalue weighted by Gasteiger charge is -2.40. The molecule has 0 spiro atoms. The lowest BCUT2D eigenvalue weighted by Crippen LogP contribution is -2.49. The highest BCUT2D eigenvalue weighted by molar-refractivity contribution is 5.69. The fraction of sp³-hybridized carbons (Fsp3) is 0.929. The standard InChI is InChI=1S/C14H26N2O2/c1-3-15(10-11(2)14(17)18)13-6-8-16-7-4-5-12(16)9-13/h11-13H,3-10H2,1-2H3,(H,17,18). The zero-order chi connectivity index (χ0) is 13.1.